The van der Waals surface area contributed by atoms with Crippen LogP contribution in [-0.4, -0.2) is 18.3 Å². The highest BCUT2D eigenvalue weighted by Gasteiger charge is 2.58. The van der Waals surface area contributed by atoms with Gasteiger partial charge in [0.1, 0.15) is 10.3 Å². The molecule has 16 heavy (non-hydrogen) atoms. The Morgan fingerprint density at radius 2 is 1.81 bits per heavy atom. The molecule has 0 bridgehead atoms. The van der Waals surface area contributed by atoms with Crippen molar-refractivity contribution in [3.8, 4) is 0 Å². The first kappa shape index (κ1) is 12.1. The molecule has 1 aliphatic heterocycles. The van der Waals surface area contributed by atoms with Gasteiger partial charge in [-0.25, -0.2) is 8.42 Å². The molecule has 0 saturated heterocycles. The van der Waals surface area contributed by atoms with Crippen molar-refractivity contribution in [2.75, 3.05) is 0 Å². The summed E-state index contributed by atoms with van der Waals surface area (Å²) in [6.07, 6.45) is 0. The molecule has 0 amide bonds. The van der Waals surface area contributed by atoms with Gasteiger partial charge in [0.25, 0.3) is 0 Å². The van der Waals surface area contributed by atoms with Gasteiger partial charge < -0.3 is 5.11 Å². The molecule has 0 spiro atoms. The zero-order valence-electron chi connectivity index (χ0n) is 9.28. The smallest absolute Gasteiger partial charge is 0.187 e. The van der Waals surface area contributed by atoms with E-state index in [9.17, 15) is 13.5 Å². The lowest BCUT2D eigenvalue weighted by Crippen LogP contribution is -2.44. The van der Waals surface area contributed by atoms with Crippen molar-refractivity contribution >= 4 is 25.8 Å². The average Bonchev–Trinajstić information content (AvgIpc) is 2.24. The van der Waals surface area contributed by atoms with Crippen LogP contribution < -0.4 is 0 Å². The number of sulfone groups is 1. The van der Waals surface area contributed by atoms with E-state index in [4.69, 9.17) is 0 Å². The van der Waals surface area contributed by atoms with Crippen LogP contribution >= 0.6 is 15.9 Å². The van der Waals surface area contributed by atoms with Crippen molar-refractivity contribution < 1.29 is 13.5 Å². The van der Waals surface area contributed by atoms with E-state index in [1.165, 1.54) is 0 Å². The van der Waals surface area contributed by atoms with Crippen LogP contribution in [0.25, 0.3) is 0 Å². The van der Waals surface area contributed by atoms with Crippen LogP contribution in [0.1, 0.15) is 26.3 Å². The minimum absolute atomic E-state index is 0.219. The van der Waals surface area contributed by atoms with Crippen LogP contribution in [0.2, 0.25) is 0 Å². The molecule has 2 rings (SSSR count). The SMILES string of the molecule is CC1(O)c2ccc(Br)cc2S(=O)(=O)C1(C)C. The molecule has 1 aromatic rings. The Balaban J connectivity index is 2.90. The molecule has 0 aromatic heterocycles. The van der Waals surface area contributed by atoms with Crippen molar-refractivity contribution in [3.05, 3.63) is 28.2 Å². The summed E-state index contributed by atoms with van der Waals surface area (Å²) in [5.41, 5.74) is -0.886. The summed E-state index contributed by atoms with van der Waals surface area (Å²) in [5, 5.41) is 10.4. The van der Waals surface area contributed by atoms with Crippen LogP contribution in [0.5, 0.6) is 0 Å². The standard InChI is InChI=1S/C11H13BrO3S/c1-10(2)11(3,13)8-5-4-7(12)6-9(8)16(10,14)15/h4-6,13H,1-3H3. The van der Waals surface area contributed by atoms with E-state index in [1.54, 1.807) is 39.0 Å². The van der Waals surface area contributed by atoms with Gasteiger partial charge in [-0.05, 0) is 32.9 Å². The molecule has 0 saturated carbocycles. The molecule has 5 heteroatoms. The van der Waals surface area contributed by atoms with E-state index in [0.717, 1.165) is 0 Å². The van der Waals surface area contributed by atoms with E-state index in [0.29, 0.717) is 10.0 Å². The lowest BCUT2D eigenvalue weighted by Gasteiger charge is -2.31. The van der Waals surface area contributed by atoms with E-state index < -0.39 is 20.2 Å². The number of benzene rings is 1. The van der Waals surface area contributed by atoms with Gasteiger partial charge in [-0.2, -0.15) is 0 Å². The maximum atomic E-state index is 12.3. The Morgan fingerprint density at radius 1 is 1.25 bits per heavy atom. The summed E-state index contributed by atoms with van der Waals surface area (Å²) in [6.45, 7) is 4.65. The van der Waals surface area contributed by atoms with Crippen molar-refractivity contribution in [2.45, 2.75) is 36.0 Å². The van der Waals surface area contributed by atoms with Crippen molar-refractivity contribution in [3.63, 3.8) is 0 Å². The second kappa shape index (κ2) is 3.09. The van der Waals surface area contributed by atoms with Gasteiger partial charge in [-0.3, -0.25) is 0 Å². The predicted molar refractivity (Wildman–Crippen MR) is 65.0 cm³/mol. The number of fused-ring (bicyclic) bond motifs is 1. The Kier molecular flexibility index (Phi) is 2.33. The van der Waals surface area contributed by atoms with Crippen molar-refractivity contribution in [1.82, 2.24) is 0 Å². The fourth-order valence-electron chi connectivity index (χ4n) is 1.98. The first-order valence-corrected chi connectivity index (χ1v) is 7.17. The maximum absolute atomic E-state index is 12.3. The first-order chi connectivity index (χ1) is 7.12. The van der Waals surface area contributed by atoms with Gasteiger partial charge in [-0.15, -0.1) is 0 Å². The lowest BCUT2D eigenvalue weighted by molar-refractivity contribution is 0.0263. The van der Waals surface area contributed by atoms with Crippen molar-refractivity contribution in [1.29, 1.82) is 0 Å². The molecule has 1 N–H and O–H groups in total. The number of aliphatic hydroxyl groups is 1. The zero-order valence-corrected chi connectivity index (χ0v) is 11.7. The summed E-state index contributed by atoms with van der Waals surface area (Å²) in [6, 6.07) is 4.95. The van der Waals surface area contributed by atoms with Gasteiger partial charge in [0, 0.05) is 10.0 Å². The fourth-order valence-corrected chi connectivity index (χ4v) is 4.52. The Morgan fingerprint density at radius 3 is 2.38 bits per heavy atom. The molecule has 1 aromatic carbocycles. The predicted octanol–water partition coefficient (Wildman–Crippen LogP) is 2.22. The third-order valence-electron chi connectivity index (χ3n) is 3.60. The molecule has 1 atom stereocenters. The highest BCUT2D eigenvalue weighted by Crippen LogP contribution is 2.50. The number of halogens is 1. The third kappa shape index (κ3) is 1.19. The normalized spacial score (nSPS) is 30.1. The molecule has 3 nitrogen and oxygen atoms in total. The molecule has 1 unspecified atom stereocenters. The largest absolute Gasteiger partial charge is 0.384 e. The highest BCUT2D eigenvalue weighted by atomic mass is 79.9. The monoisotopic (exact) mass is 304 g/mol. The fraction of sp³-hybridized carbons (Fsp3) is 0.455. The van der Waals surface area contributed by atoms with E-state index in [2.05, 4.69) is 15.9 Å². The number of hydrogen-bond acceptors (Lipinski definition) is 3. The van der Waals surface area contributed by atoms with E-state index in [-0.39, 0.29) is 4.90 Å². The maximum Gasteiger partial charge on any atom is 0.187 e. The summed E-state index contributed by atoms with van der Waals surface area (Å²) in [7, 11) is -3.49. The topological polar surface area (TPSA) is 54.4 Å². The van der Waals surface area contributed by atoms with Gasteiger partial charge in [0.05, 0.1) is 4.90 Å². The summed E-state index contributed by atoms with van der Waals surface area (Å²) < 4.78 is 24.1. The second-order valence-electron chi connectivity index (χ2n) is 4.73. The molecule has 0 aliphatic carbocycles. The average molecular weight is 305 g/mol. The van der Waals surface area contributed by atoms with Crippen LogP contribution in [0.3, 0.4) is 0 Å². The summed E-state index contributed by atoms with van der Waals surface area (Å²) in [5.74, 6) is 0. The van der Waals surface area contributed by atoms with Crippen LogP contribution in [-0.2, 0) is 15.4 Å². The van der Waals surface area contributed by atoms with Crippen LogP contribution in [0, 0.1) is 0 Å². The molecule has 1 aliphatic rings. The zero-order chi connectivity index (χ0) is 12.4. The quantitative estimate of drug-likeness (QED) is 0.799. The molecule has 0 radical (unpaired) electrons. The van der Waals surface area contributed by atoms with Crippen LogP contribution in [0.15, 0.2) is 27.6 Å². The third-order valence-corrected chi connectivity index (χ3v) is 6.75. The minimum Gasteiger partial charge on any atom is -0.384 e. The molecular formula is C11H13BrO3S. The molecule has 88 valence electrons. The minimum atomic E-state index is -3.49. The lowest BCUT2D eigenvalue weighted by atomic mass is 9.85. The molecule has 1 heterocycles. The van der Waals surface area contributed by atoms with E-state index >= 15 is 0 Å². The van der Waals surface area contributed by atoms with Gasteiger partial charge in [0.2, 0.25) is 0 Å². The molecule has 0 fully saturated rings. The Labute approximate surface area is 104 Å². The number of hydrogen-bond donors (Lipinski definition) is 1. The van der Waals surface area contributed by atoms with Crippen LogP contribution in [0.4, 0.5) is 0 Å². The second-order valence-corrected chi connectivity index (χ2v) is 8.11. The summed E-state index contributed by atoms with van der Waals surface area (Å²) in [4.78, 5) is 0.219. The first-order valence-electron chi connectivity index (χ1n) is 4.89. The highest BCUT2D eigenvalue weighted by molar-refractivity contribution is 9.10. The number of rotatable bonds is 0. The summed E-state index contributed by atoms with van der Waals surface area (Å²) >= 11 is 3.25. The van der Waals surface area contributed by atoms with Gasteiger partial charge in [0.15, 0.2) is 9.84 Å². The Hall–Kier alpha value is -0.390. The Bertz CT molecular complexity index is 559. The van der Waals surface area contributed by atoms with E-state index in [1.807, 2.05) is 0 Å². The molecular weight excluding hydrogens is 292 g/mol. The van der Waals surface area contributed by atoms with Crippen molar-refractivity contribution in [2.24, 2.45) is 0 Å². The van der Waals surface area contributed by atoms with Gasteiger partial charge in [-0.1, -0.05) is 22.0 Å². The van der Waals surface area contributed by atoms with Gasteiger partial charge >= 0.3 is 0 Å².